The Morgan fingerprint density at radius 3 is 2.93 bits per heavy atom. The van der Waals surface area contributed by atoms with Crippen LogP contribution >= 0.6 is 22.6 Å². The summed E-state index contributed by atoms with van der Waals surface area (Å²) in [6.07, 6.45) is 2.02. The van der Waals surface area contributed by atoms with Crippen LogP contribution in [-0.2, 0) is 4.74 Å². The molecule has 0 bridgehead atoms. The van der Waals surface area contributed by atoms with E-state index in [1.165, 1.54) is 0 Å². The molecular formula is C11H11IO2. The fourth-order valence-corrected chi connectivity index (χ4v) is 2.14. The third-order valence-electron chi connectivity index (χ3n) is 2.38. The summed E-state index contributed by atoms with van der Waals surface area (Å²) in [5, 5.41) is 0. The standard InChI is InChI=1S/C11H11IO2/c12-7-3-6-10-8-4-1-2-5-9(8)11(13)14-10/h1-2,4-5,10H,3,6-7H2. The van der Waals surface area contributed by atoms with Gasteiger partial charge in [-0.05, 0) is 23.3 Å². The zero-order chi connectivity index (χ0) is 9.97. The van der Waals surface area contributed by atoms with E-state index < -0.39 is 0 Å². The molecule has 3 heteroatoms. The molecule has 0 saturated heterocycles. The number of esters is 1. The van der Waals surface area contributed by atoms with Gasteiger partial charge in [-0.2, -0.15) is 0 Å². The first-order chi connectivity index (χ1) is 6.83. The highest BCUT2D eigenvalue weighted by molar-refractivity contribution is 14.1. The van der Waals surface area contributed by atoms with E-state index in [-0.39, 0.29) is 12.1 Å². The number of carbonyl (C=O) groups is 1. The molecule has 1 heterocycles. The van der Waals surface area contributed by atoms with Crippen LogP contribution in [0.1, 0.15) is 34.9 Å². The van der Waals surface area contributed by atoms with Crippen molar-refractivity contribution in [2.24, 2.45) is 0 Å². The van der Waals surface area contributed by atoms with Crippen molar-refractivity contribution >= 4 is 28.6 Å². The SMILES string of the molecule is O=C1OC(CCCI)c2ccccc21. The molecule has 0 amide bonds. The number of carbonyl (C=O) groups excluding carboxylic acids is 1. The van der Waals surface area contributed by atoms with E-state index in [1.54, 1.807) is 0 Å². The van der Waals surface area contributed by atoms with Crippen LogP contribution in [0, 0.1) is 0 Å². The van der Waals surface area contributed by atoms with E-state index in [4.69, 9.17) is 4.74 Å². The Morgan fingerprint density at radius 2 is 2.14 bits per heavy atom. The van der Waals surface area contributed by atoms with Crippen LogP contribution < -0.4 is 0 Å². The van der Waals surface area contributed by atoms with Gasteiger partial charge in [-0.25, -0.2) is 4.79 Å². The summed E-state index contributed by atoms with van der Waals surface area (Å²) < 4.78 is 6.40. The number of ether oxygens (including phenoxy) is 1. The predicted octanol–water partition coefficient (Wildman–Crippen LogP) is 3.11. The van der Waals surface area contributed by atoms with Gasteiger partial charge < -0.3 is 4.74 Å². The Kier molecular flexibility index (Phi) is 3.05. The lowest BCUT2D eigenvalue weighted by molar-refractivity contribution is 0.0368. The van der Waals surface area contributed by atoms with Crippen LogP contribution in [0.15, 0.2) is 24.3 Å². The van der Waals surface area contributed by atoms with Crippen molar-refractivity contribution in [3.05, 3.63) is 35.4 Å². The first kappa shape index (κ1) is 9.96. The van der Waals surface area contributed by atoms with Gasteiger partial charge in [0.1, 0.15) is 6.10 Å². The van der Waals surface area contributed by atoms with Gasteiger partial charge in [0.05, 0.1) is 5.56 Å². The Morgan fingerprint density at radius 1 is 1.36 bits per heavy atom. The number of benzene rings is 1. The van der Waals surface area contributed by atoms with E-state index in [0.29, 0.717) is 0 Å². The highest BCUT2D eigenvalue weighted by atomic mass is 127. The van der Waals surface area contributed by atoms with Gasteiger partial charge in [-0.3, -0.25) is 0 Å². The number of cyclic esters (lactones) is 1. The average Bonchev–Trinajstić information content (AvgIpc) is 2.54. The summed E-state index contributed by atoms with van der Waals surface area (Å²) in [5.41, 5.74) is 1.80. The number of hydrogen-bond acceptors (Lipinski definition) is 2. The monoisotopic (exact) mass is 302 g/mol. The third-order valence-corrected chi connectivity index (χ3v) is 3.14. The lowest BCUT2D eigenvalue weighted by Crippen LogP contribution is -1.98. The average molecular weight is 302 g/mol. The van der Waals surface area contributed by atoms with Crippen LogP contribution in [-0.4, -0.2) is 10.4 Å². The Bertz CT molecular complexity index is 349. The van der Waals surface area contributed by atoms with Crippen molar-refractivity contribution in [1.82, 2.24) is 0 Å². The molecular weight excluding hydrogens is 291 g/mol. The first-order valence-corrected chi connectivity index (χ1v) is 6.21. The molecule has 0 N–H and O–H groups in total. The molecule has 0 spiro atoms. The summed E-state index contributed by atoms with van der Waals surface area (Å²) in [6.45, 7) is 0. The molecule has 0 radical (unpaired) electrons. The minimum absolute atomic E-state index is 0.00605. The largest absolute Gasteiger partial charge is 0.454 e. The fourth-order valence-electron chi connectivity index (χ4n) is 1.70. The maximum Gasteiger partial charge on any atom is 0.339 e. The topological polar surface area (TPSA) is 26.3 Å². The minimum atomic E-state index is -0.168. The summed E-state index contributed by atoms with van der Waals surface area (Å²) >= 11 is 2.34. The molecule has 0 saturated carbocycles. The van der Waals surface area contributed by atoms with Gasteiger partial charge in [0.25, 0.3) is 0 Å². The number of halogens is 1. The van der Waals surface area contributed by atoms with Crippen LogP contribution in [0.4, 0.5) is 0 Å². The second-order valence-electron chi connectivity index (χ2n) is 3.31. The van der Waals surface area contributed by atoms with Gasteiger partial charge in [0, 0.05) is 5.56 Å². The number of rotatable bonds is 3. The molecule has 1 aromatic rings. The van der Waals surface area contributed by atoms with Crippen molar-refractivity contribution in [2.75, 3.05) is 4.43 Å². The Hall–Kier alpha value is -0.580. The molecule has 1 aliphatic rings. The van der Waals surface area contributed by atoms with E-state index in [1.807, 2.05) is 24.3 Å². The molecule has 1 unspecified atom stereocenters. The summed E-state index contributed by atoms with van der Waals surface area (Å²) in [6, 6.07) is 7.65. The lowest BCUT2D eigenvalue weighted by Gasteiger charge is -2.08. The van der Waals surface area contributed by atoms with Gasteiger partial charge in [0.2, 0.25) is 0 Å². The van der Waals surface area contributed by atoms with E-state index in [0.717, 1.165) is 28.4 Å². The molecule has 0 aliphatic carbocycles. The number of alkyl halides is 1. The normalized spacial score (nSPS) is 19.2. The quantitative estimate of drug-likeness (QED) is 0.487. The third kappa shape index (κ3) is 1.78. The zero-order valence-corrected chi connectivity index (χ0v) is 9.86. The highest BCUT2D eigenvalue weighted by Gasteiger charge is 2.29. The van der Waals surface area contributed by atoms with Gasteiger partial charge in [-0.1, -0.05) is 40.8 Å². The van der Waals surface area contributed by atoms with E-state index >= 15 is 0 Å². The molecule has 2 rings (SSSR count). The second-order valence-corrected chi connectivity index (χ2v) is 4.39. The molecule has 1 atom stereocenters. The van der Waals surface area contributed by atoms with Crippen LogP contribution in [0.2, 0.25) is 0 Å². The van der Waals surface area contributed by atoms with Gasteiger partial charge in [-0.15, -0.1) is 0 Å². The molecule has 0 aromatic heterocycles. The summed E-state index contributed by atoms with van der Waals surface area (Å²) in [7, 11) is 0. The van der Waals surface area contributed by atoms with Crippen molar-refractivity contribution in [1.29, 1.82) is 0 Å². The molecule has 1 aromatic carbocycles. The van der Waals surface area contributed by atoms with Crippen LogP contribution in [0.5, 0.6) is 0 Å². The van der Waals surface area contributed by atoms with Crippen LogP contribution in [0.3, 0.4) is 0 Å². The molecule has 1 aliphatic heterocycles. The fraction of sp³-hybridized carbons (Fsp3) is 0.364. The number of hydrogen-bond donors (Lipinski definition) is 0. The maximum atomic E-state index is 11.4. The maximum absolute atomic E-state index is 11.4. The van der Waals surface area contributed by atoms with Crippen molar-refractivity contribution < 1.29 is 9.53 Å². The lowest BCUT2D eigenvalue weighted by atomic mass is 10.0. The minimum Gasteiger partial charge on any atom is -0.454 e. The van der Waals surface area contributed by atoms with E-state index in [2.05, 4.69) is 22.6 Å². The Balaban J connectivity index is 2.21. The number of fused-ring (bicyclic) bond motifs is 1. The van der Waals surface area contributed by atoms with E-state index in [9.17, 15) is 4.79 Å². The zero-order valence-electron chi connectivity index (χ0n) is 7.70. The predicted molar refractivity (Wildman–Crippen MR) is 62.7 cm³/mol. The van der Waals surface area contributed by atoms with Gasteiger partial charge >= 0.3 is 5.97 Å². The van der Waals surface area contributed by atoms with Crippen molar-refractivity contribution in [2.45, 2.75) is 18.9 Å². The Labute approximate surface area is 96.8 Å². The molecule has 2 nitrogen and oxygen atoms in total. The van der Waals surface area contributed by atoms with Gasteiger partial charge in [0.15, 0.2) is 0 Å². The second kappa shape index (κ2) is 4.29. The smallest absolute Gasteiger partial charge is 0.339 e. The highest BCUT2D eigenvalue weighted by Crippen LogP contribution is 2.33. The molecule has 14 heavy (non-hydrogen) atoms. The van der Waals surface area contributed by atoms with Crippen molar-refractivity contribution in [3.63, 3.8) is 0 Å². The summed E-state index contributed by atoms with van der Waals surface area (Å²) in [5.74, 6) is -0.168. The first-order valence-electron chi connectivity index (χ1n) is 4.69. The molecule has 74 valence electrons. The molecule has 0 fully saturated rings. The summed E-state index contributed by atoms with van der Waals surface area (Å²) in [4.78, 5) is 11.4. The van der Waals surface area contributed by atoms with Crippen molar-refractivity contribution in [3.8, 4) is 0 Å². The van der Waals surface area contributed by atoms with Crippen LogP contribution in [0.25, 0.3) is 0 Å².